The van der Waals surface area contributed by atoms with E-state index in [4.69, 9.17) is 19.0 Å². The second kappa shape index (κ2) is 7.75. The van der Waals surface area contributed by atoms with Crippen molar-refractivity contribution in [2.75, 3.05) is 13.2 Å². The molecule has 0 aliphatic rings. The Bertz CT molecular complexity index is 291. The van der Waals surface area contributed by atoms with E-state index in [1.54, 1.807) is 0 Å². The van der Waals surface area contributed by atoms with Crippen molar-refractivity contribution in [1.82, 2.24) is 0 Å². The Morgan fingerprint density at radius 3 is 1.74 bits per heavy atom. The molecule has 0 aromatic heterocycles. The first kappa shape index (κ1) is 19.1. The molecule has 2 N–H and O–H groups in total. The van der Waals surface area contributed by atoms with Gasteiger partial charge in [-0.05, 0) is 31.1 Å². The molecule has 0 bridgehead atoms. The van der Waals surface area contributed by atoms with E-state index in [-0.39, 0.29) is 12.0 Å². The third kappa shape index (κ3) is 6.87. The summed E-state index contributed by atoms with van der Waals surface area (Å²) in [5.41, 5.74) is -0.795. The fraction of sp³-hybridized carbons (Fsp3) is 1.00. The van der Waals surface area contributed by atoms with Gasteiger partial charge in [-0.1, -0.05) is 34.6 Å². The van der Waals surface area contributed by atoms with Crippen molar-refractivity contribution in [1.29, 1.82) is 0 Å². The summed E-state index contributed by atoms with van der Waals surface area (Å²) < 4.78 is 21.7. The van der Waals surface area contributed by atoms with Crippen molar-refractivity contribution >= 4 is 7.82 Å². The van der Waals surface area contributed by atoms with Gasteiger partial charge in [0.2, 0.25) is 0 Å². The van der Waals surface area contributed by atoms with Gasteiger partial charge in [-0.15, -0.1) is 0 Å². The van der Waals surface area contributed by atoms with E-state index >= 15 is 0 Å². The predicted molar refractivity (Wildman–Crippen MR) is 76.0 cm³/mol. The first-order valence-corrected chi connectivity index (χ1v) is 8.53. The van der Waals surface area contributed by atoms with Crippen molar-refractivity contribution < 1.29 is 23.6 Å². The summed E-state index contributed by atoms with van der Waals surface area (Å²) in [6.07, 6.45) is 3.02. The molecular weight excluding hydrogens is 267 g/mol. The van der Waals surface area contributed by atoms with Gasteiger partial charge in [0.15, 0.2) is 0 Å². The molecule has 0 atom stereocenters. The maximum absolute atomic E-state index is 11.1. The summed E-state index contributed by atoms with van der Waals surface area (Å²) in [5.74, 6) is 0. The van der Waals surface area contributed by atoms with Gasteiger partial charge in [0, 0.05) is 0 Å². The normalized spacial score (nSPS) is 13.8. The van der Waals surface area contributed by atoms with E-state index in [1.807, 2.05) is 13.8 Å². The number of hydrogen-bond acceptors (Lipinski definition) is 3. The molecule has 0 aliphatic heterocycles. The van der Waals surface area contributed by atoms with Gasteiger partial charge in [0.1, 0.15) is 5.60 Å². The van der Waals surface area contributed by atoms with Crippen LogP contribution in [0, 0.1) is 5.41 Å². The van der Waals surface area contributed by atoms with Crippen LogP contribution in [0.2, 0.25) is 0 Å². The van der Waals surface area contributed by atoms with Crippen LogP contribution in [-0.2, 0) is 13.8 Å². The second-order valence-electron chi connectivity index (χ2n) is 5.48. The lowest BCUT2D eigenvalue weighted by Gasteiger charge is -2.33. The summed E-state index contributed by atoms with van der Waals surface area (Å²) in [7, 11) is -4.50. The van der Waals surface area contributed by atoms with Crippen LogP contribution in [0.25, 0.3) is 0 Å². The van der Waals surface area contributed by atoms with Crippen molar-refractivity contribution in [3.63, 3.8) is 0 Å². The first-order chi connectivity index (χ1) is 8.66. The average molecular weight is 296 g/mol. The molecule has 116 valence electrons. The highest BCUT2D eigenvalue weighted by Crippen LogP contribution is 2.44. The van der Waals surface area contributed by atoms with Crippen molar-refractivity contribution in [3.05, 3.63) is 0 Å². The molecule has 0 radical (unpaired) electrons. The third-order valence-electron chi connectivity index (χ3n) is 4.12. The van der Waals surface area contributed by atoms with Gasteiger partial charge in [0.05, 0.1) is 13.2 Å². The quantitative estimate of drug-likeness (QED) is 0.603. The summed E-state index contributed by atoms with van der Waals surface area (Å²) in [5, 5.41) is 0. The van der Waals surface area contributed by atoms with Crippen LogP contribution in [0.4, 0.5) is 0 Å². The van der Waals surface area contributed by atoms with Crippen LogP contribution in [0.3, 0.4) is 0 Å². The monoisotopic (exact) mass is 296 g/mol. The molecule has 6 heteroatoms. The van der Waals surface area contributed by atoms with Crippen molar-refractivity contribution in [2.24, 2.45) is 5.41 Å². The molecular formula is C13H29O5P. The fourth-order valence-electron chi connectivity index (χ4n) is 1.80. The number of ether oxygens (including phenoxy) is 1. The maximum Gasteiger partial charge on any atom is 0.470 e. The highest BCUT2D eigenvalue weighted by Gasteiger charge is 2.36. The largest absolute Gasteiger partial charge is 0.470 e. The molecule has 0 amide bonds. The molecule has 5 nitrogen and oxygen atoms in total. The molecule has 0 unspecified atom stereocenters. The zero-order valence-corrected chi connectivity index (χ0v) is 13.7. The smallest absolute Gasteiger partial charge is 0.378 e. The SMILES string of the molecule is CCC(C)(CC)COCC(CC)(CC)OP(=O)(O)O. The summed E-state index contributed by atoms with van der Waals surface area (Å²) in [6, 6.07) is 0. The lowest BCUT2D eigenvalue weighted by atomic mass is 9.86. The molecule has 0 saturated heterocycles. The standard InChI is InChI=1S/C13H29O5P/c1-6-12(5,7-2)10-17-11-13(8-3,9-4)18-19(14,15)16/h6-11H2,1-5H3,(H2,14,15,16). The second-order valence-corrected chi connectivity index (χ2v) is 6.65. The van der Waals surface area contributed by atoms with E-state index in [0.29, 0.717) is 19.4 Å². The number of hydrogen-bond donors (Lipinski definition) is 2. The third-order valence-corrected chi connectivity index (χ3v) is 4.75. The van der Waals surface area contributed by atoms with Gasteiger partial charge in [-0.25, -0.2) is 4.57 Å². The van der Waals surface area contributed by atoms with E-state index in [1.165, 1.54) is 0 Å². The van der Waals surface area contributed by atoms with Gasteiger partial charge in [-0.3, -0.25) is 4.52 Å². The van der Waals surface area contributed by atoms with Crippen LogP contribution < -0.4 is 0 Å². The molecule has 0 heterocycles. The lowest BCUT2D eigenvalue weighted by Crippen LogP contribution is -2.37. The highest BCUT2D eigenvalue weighted by molar-refractivity contribution is 7.46. The number of rotatable bonds is 10. The zero-order valence-electron chi connectivity index (χ0n) is 12.8. The van der Waals surface area contributed by atoms with Gasteiger partial charge >= 0.3 is 7.82 Å². The minimum atomic E-state index is -4.50. The Kier molecular flexibility index (Phi) is 7.78. The van der Waals surface area contributed by atoms with Crippen LogP contribution >= 0.6 is 7.82 Å². The Balaban J connectivity index is 4.57. The average Bonchev–Trinajstić information content (AvgIpc) is 2.35. The van der Waals surface area contributed by atoms with E-state index in [2.05, 4.69) is 20.8 Å². The Hall–Kier alpha value is 0.0700. The van der Waals surface area contributed by atoms with Crippen LogP contribution in [0.1, 0.15) is 60.3 Å². The Labute approximate surface area is 116 Å². The maximum atomic E-state index is 11.1. The lowest BCUT2D eigenvalue weighted by molar-refractivity contribution is -0.0666. The van der Waals surface area contributed by atoms with Crippen molar-refractivity contribution in [3.8, 4) is 0 Å². The number of phosphoric ester groups is 1. The van der Waals surface area contributed by atoms with Crippen LogP contribution in [-0.4, -0.2) is 28.6 Å². The minimum Gasteiger partial charge on any atom is -0.378 e. The van der Waals surface area contributed by atoms with E-state index < -0.39 is 13.4 Å². The summed E-state index contributed by atoms with van der Waals surface area (Å²) >= 11 is 0. The molecule has 0 aromatic carbocycles. The minimum absolute atomic E-state index is 0.106. The van der Waals surface area contributed by atoms with Gasteiger partial charge in [0.25, 0.3) is 0 Å². The van der Waals surface area contributed by atoms with E-state index in [0.717, 1.165) is 12.8 Å². The fourth-order valence-corrected chi connectivity index (χ4v) is 2.61. The molecule has 0 spiro atoms. The zero-order chi connectivity index (χ0) is 15.2. The van der Waals surface area contributed by atoms with E-state index in [9.17, 15) is 4.57 Å². The van der Waals surface area contributed by atoms with Crippen LogP contribution in [0.5, 0.6) is 0 Å². The molecule has 19 heavy (non-hydrogen) atoms. The summed E-state index contributed by atoms with van der Waals surface area (Å²) in [6.45, 7) is 10.9. The Morgan fingerprint density at radius 2 is 1.42 bits per heavy atom. The predicted octanol–water partition coefficient (Wildman–Crippen LogP) is 3.50. The number of phosphoric acid groups is 1. The van der Waals surface area contributed by atoms with Crippen LogP contribution in [0.15, 0.2) is 0 Å². The first-order valence-electron chi connectivity index (χ1n) is 7.00. The van der Waals surface area contributed by atoms with Crippen molar-refractivity contribution in [2.45, 2.75) is 65.9 Å². The highest BCUT2D eigenvalue weighted by atomic mass is 31.2. The molecule has 0 aromatic rings. The molecule has 0 aliphatic carbocycles. The van der Waals surface area contributed by atoms with Gasteiger partial charge < -0.3 is 14.5 Å². The Morgan fingerprint density at radius 1 is 0.947 bits per heavy atom. The molecule has 0 rings (SSSR count). The molecule has 0 saturated carbocycles. The summed E-state index contributed by atoms with van der Waals surface area (Å²) in [4.78, 5) is 18.0. The van der Waals surface area contributed by atoms with Gasteiger partial charge in [-0.2, -0.15) is 0 Å². The molecule has 0 fully saturated rings. The topological polar surface area (TPSA) is 76.0 Å².